The molecule has 104 valence electrons. The van der Waals surface area contributed by atoms with Gasteiger partial charge in [0.05, 0.1) is 5.69 Å². The highest BCUT2D eigenvalue weighted by Crippen LogP contribution is 2.26. The number of aryl methyl sites for hydroxylation is 1. The molecule has 0 atom stereocenters. The highest BCUT2D eigenvalue weighted by molar-refractivity contribution is 7.15. The highest BCUT2D eigenvalue weighted by Gasteiger charge is 2.17. The molecule has 3 rings (SSSR count). The summed E-state index contributed by atoms with van der Waals surface area (Å²) in [6.07, 6.45) is 0.936. The number of carbonyl (C=O) groups is 1. The Hall–Kier alpha value is -1.72. The standard InChI is InChI=1S/C15H17N3OS/c1-9-4-3-5-11(10(9)2)14(19)18-15-17-12-6-7-16-8-13(12)20-15/h3-5,16H,6-8H2,1-2H3,(H,17,18,19). The lowest BCUT2D eigenvalue weighted by Gasteiger charge is -2.09. The summed E-state index contributed by atoms with van der Waals surface area (Å²) in [7, 11) is 0. The normalized spacial score (nSPS) is 13.9. The first kappa shape index (κ1) is 13.3. The number of aromatic nitrogens is 1. The van der Waals surface area contributed by atoms with Crippen LogP contribution >= 0.6 is 11.3 Å². The maximum atomic E-state index is 12.3. The van der Waals surface area contributed by atoms with E-state index < -0.39 is 0 Å². The van der Waals surface area contributed by atoms with E-state index in [-0.39, 0.29) is 5.91 Å². The zero-order chi connectivity index (χ0) is 14.1. The minimum Gasteiger partial charge on any atom is -0.311 e. The van der Waals surface area contributed by atoms with Crippen LogP contribution in [0.3, 0.4) is 0 Å². The number of carbonyl (C=O) groups excluding carboxylic acids is 1. The van der Waals surface area contributed by atoms with Crippen molar-refractivity contribution in [2.45, 2.75) is 26.8 Å². The smallest absolute Gasteiger partial charge is 0.257 e. The third-order valence-electron chi connectivity index (χ3n) is 3.67. The lowest BCUT2D eigenvalue weighted by atomic mass is 10.0. The first-order valence-electron chi connectivity index (χ1n) is 6.72. The summed E-state index contributed by atoms with van der Waals surface area (Å²) in [5, 5.41) is 6.94. The van der Waals surface area contributed by atoms with Gasteiger partial charge in [0.2, 0.25) is 0 Å². The number of fused-ring (bicyclic) bond motifs is 1. The van der Waals surface area contributed by atoms with Crippen molar-refractivity contribution >= 4 is 22.4 Å². The molecule has 4 nitrogen and oxygen atoms in total. The monoisotopic (exact) mass is 287 g/mol. The molecule has 2 aromatic rings. The molecule has 0 aliphatic carbocycles. The average molecular weight is 287 g/mol. The molecule has 1 aromatic carbocycles. The van der Waals surface area contributed by atoms with Crippen LogP contribution in [0.5, 0.6) is 0 Å². The van der Waals surface area contributed by atoms with Crippen molar-refractivity contribution in [3.63, 3.8) is 0 Å². The number of anilines is 1. The largest absolute Gasteiger partial charge is 0.311 e. The van der Waals surface area contributed by atoms with E-state index in [2.05, 4.69) is 15.6 Å². The third-order valence-corrected chi connectivity index (χ3v) is 4.69. The number of hydrogen-bond donors (Lipinski definition) is 2. The third kappa shape index (κ3) is 2.46. The fraction of sp³-hybridized carbons (Fsp3) is 0.333. The van der Waals surface area contributed by atoms with Crippen molar-refractivity contribution in [3.8, 4) is 0 Å². The predicted octanol–water partition coefficient (Wildman–Crippen LogP) is 2.66. The van der Waals surface area contributed by atoms with Crippen LogP contribution in [0.15, 0.2) is 18.2 Å². The van der Waals surface area contributed by atoms with Crippen molar-refractivity contribution in [2.24, 2.45) is 0 Å². The van der Waals surface area contributed by atoms with Crippen molar-refractivity contribution in [3.05, 3.63) is 45.5 Å². The number of thiazole rings is 1. The van der Waals surface area contributed by atoms with Gasteiger partial charge in [-0.1, -0.05) is 12.1 Å². The van der Waals surface area contributed by atoms with Gasteiger partial charge in [-0.2, -0.15) is 0 Å². The Morgan fingerprint density at radius 1 is 1.40 bits per heavy atom. The van der Waals surface area contributed by atoms with Gasteiger partial charge in [0.25, 0.3) is 5.91 Å². The summed E-state index contributed by atoms with van der Waals surface area (Å²) < 4.78 is 0. The second-order valence-electron chi connectivity index (χ2n) is 5.02. The van der Waals surface area contributed by atoms with Gasteiger partial charge < -0.3 is 5.32 Å². The first-order chi connectivity index (χ1) is 9.65. The van der Waals surface area contributed by atoms with Crippen molar-refractivity contribution in [1.82, 2.24) is 10.3 Å². The Morgan fingerprint density at radius 2 is 2.25 bits per heavy atom. The number of nitrogens with one attached hydrogen (secondary N) is 2. The molecular formula is C15H17N3OS. The second-order valence-corrected chi connectivity index (χ2v) is 6.10. The topological polar surface area (TPSA) is 54.0 Å². The van der Waals surface area contributed by atoms with Crippen molar-refractivity contribution in [1.29, 1.82) is 0 Å². The van der Waals surface area contributed by atoms with Crippen LogP contribution in [0.2, 0.25) is 0 Å². The van der Waals surface area contributed by atoms with Crippen LogP contribution in [0, 0.1) is 13.8 Å². The van der Waals surface area contributed by atoms with Crippen LogP contribution < -0.4 is 10.6 Å². The highest BCUT2D eigenvalue weighted by atomic mass is 32.1. The van der Waals surface area contributed by atoms with E-state index in [9.17, 15) is 4.79 Å². The lowest BCUT2D eigenvalue weighted by molar-refractivity contribution is 0.102. The van der Waals surface area contributed by atoms with Gasteiger partial charge in [0.15, 0.2) is 5.13 Å². The number of hydrogen-bond acceptors (Lipinski definition) is 4. The van der Waals surface area contributed by atoms with Gasteiger partial charge in [-0.3, -0.25) is 10.1 Å². The number of benzene rings is 1. The van der Waals surface area contributed by atoms with Crippen LogP contribution in [-0.2, 0) is 13.0 Å². The van der Waals surface area contributed by atoms with Crippen molar-refractivity contribution in [2.75, 3.05) is 11.9 Å². The Kier molecular flexibility index (Phi) is 3.54. The maximum absolute atomic E-state index is 12.3. The average Bonchev–Trinajstić information content (AvgIpc) is 2.83. The summed E-state index contributed by atoms with van der Waals surface area (Å²) >= 11 is 1.56. The van der Waals surface area contributed by atoms with Crippen LogP contribution in [-0.4, -0.2) is 17.4 Å². The second kappa shape index (κ2) is 5.34. The quantitative estimate of drug-likeness (QED) is 0.893. The number of nitrogens with zero attached hydrogens (tertiary/aromatic N) is 1. The molecule has 0 unspecified atom stereocenters. The van der Waals surface area contributed by atoms with Crippen LogP contribution in [0.1, 0.15) is 32.1 Å². The molecule has 5 heteroatoms. The SMILES string of the molecule is Cc1cccc(C(=O)Nc2nc3c(s2)CNCC3)c1C. The van der Waals surface area contributed by atoms with Crippen LogP contribution in [0.25, 0.3) is 0 Å². The lowest BCUT2D eigenvalue weighted by Crippen LogP contribution is -2.22. The van der Waals surface area contributed by atoms with E-state index >= 15 is 0 Å². The van der Waals surface area contributed by atoms with E-state index in [0.717, 1.165) is 41.9 Å². The minimum atomic E-state index is -0.0785. The molecule has 1 amide bonds. The zero-order valence-corrected chi connectivity index (χ0v) is 12.4. The Balaban J connectivity index is 1.82. The van der Waals surface area contributed by atoms with Gasteiger partial charge in [-0.05, 0) is 31.0 Å². The van der Waals surface area contributed by atoms with Crippen molar-refractivity contribution < 1.29 is 4.79 Å². The van der Waals surface area contributed by atoms with E-state index in [1.807, 2.05) is 32.0 Å². The fourth-order valence-electron chi connectivity index (χ4n) is 2.34. The molecule has 0 saturated heterocycles. The molecule has 2 heterocycles. The number of rotatable bonds is 2. The Bertz CT molecular complexity index is 640. The van der Waals surface area contributed by atoms with Gasteiger partial charge >= 0.3 is 0 Å². The summed E-state index contributed by atoms with van der Waals surface area (Å²) in [6.45, 7) is 5.80. The molecule has 0 radical (unpaired) electrons. The molecule has 0 bridgehead atoms. The van der Waals surface area contributed by atoms with Crippen LogP contribution in [0.4, 0.5) is 5.13 Å². The predicted molar refractivity (Wildman–Crippen MR) is 81.4 cm³/mol. The molecule has 1 aliphatic rings. The minimum absolute atomic E-state index is 0.0785. The Morgan fingerprint density at radius 3 is 3.05 bits per heavy atom. The molecule has 0 spiro atoms. The molecule has 1 aromatic heterocycles. The molecule has 0 fully saturated rings. The summed E-state index contributed by atoms with van der Waals surface area (Å²) in [6, 6.07) is 5.78. The fourth-order valence-corrected chi connectivity index (χ4v) is 3.31. The summed E-state index contributed by atoms with van der Waals surface area (Å²) in [5.41, 5.74) is 3.98. The molecule has 2 N–H and O–H groups in total. The molecule has 20 heavy (non-hydrogen) atoms. The van der Waals surface area contributed by atoms with Gasteiger partial charge in [-0.25, -0.2) is 4.98 Å². The molecule has 0 saturated carbocycles. The summed E-state index contributed by atoms with van der Waals surface area (Å²) in [5.74, 6) is -0.0785. The van der Waals surface area contributed by atoms with E-state index in [1.54, 1.807) is 11.3 Å². The summed E-state index contributed by atoms with van der Waals surface area (Å²) in [4.78, 5) is 18.1. The molecular weight excluding hydrogens is 270 g/mol. The van der Waals surface area contributed by atoms with Gasteiger partial charge in [0, 0.05) is 30.0 Å². The van der Waals surface area contributed by atoms with Gasteiger partial charge in [0.1, 0.15) is 0 Å². The van der Waals surface area contributed by atoms with E-state index in [1.165, 1.54) is 4.88 Å². The van der Waals surface area contributed by atoms with E-state index in [4.69, 9.17) is 0 Å². The maximum Gasteiger partial charge on any atom is 0.257 e. The molecule has 1 aliphatic heterocycles. The first-order valence-corrected chi connectivity index (χ1v) is 7.53. The number of amides is 1. The van der Waals surface area contributed by atoms with E-state index in [0.29, 0.717) is 5.13 Å². The van der Waals surface area contributed by atoms with Gasteiger partial charge in [-0.15, -0.1) is 11.3 Å². The zero-order valence-electron chi connectivity index (χ0n) is 11.6. The Labute approximate surface area is 122 Å².